The van der Waals surface area contributed by atoms with E-state index >= 15 is 0 Å². The molecule has 1 aliphatic heterocycles. The number of thioether (sulfide) groups is 1. The fraction of sp³-hybridized carbons (Fsp3) is 0.154. The SMILES string of the molecule is CC(C=NC1SC(=O)NC1=O)=Cc1ccccc1. The van der Waals surface area contributed by atoms with Crippen molar-refractivity contribution in [2.45, 2.75) is 12.3 Å². The molecule has 0 aromatic heterocycles. The van der Waals surface area contributed by atoms with Crippen molar-refractivity contribution >= 4 is 35.2 Å². The molecule has 1 unspecified atom stereocenters. The van der Waals surface area contributed by atoms with Gasteiger partial charge in [-0.1, -0.05) is 36.4 Å². The monoisotopic (exact) mass is 260 g/mol. The summed E-state index contributed by atoms with van der Waals surface area (Å²) in [5.74, 6) is -0.353. The average Bonchev–Trinajstić information content (AvgIpc) is 2.66. The second kappa shape index (κ2) is 5.64. The Balaban J connectivity index is 2.03. The quantitative estimate of drug-likeness (QED) is 0.849. The van der Waals surface area contributed by atoms with Gasteiger partial charge in [-0.05, 0) is 29.8 Å². The van der Waals surface area contributed by atoms with E-state index in [0.29, 0.717) is 0 Å². The number of imide groups is 1. The minimum absolute atomic E-state index is 0.341. The van der Waals surface area contributed by atoms with Crippen molar-refractivity contribution in [3.63, 3.8) is 0 Å². The van der Waals surface area contributed by atoms with Crippen molar-refractivity contribution in [2.75, 3.05) is 0 Å². The lowest BCUT2D eigenvalue weighted by Gasteiger charge is -1.97. The fourth-order valence-corrected chi connectivity index (χ4v) is 2.13. The molecular formula is C13H12N2O2S. The number of amides is 2. The first kappa shape index (κ1) is 12.6. The van der Waals surface area contributed by atoms with E-state index in [2.05, 4.69) is 10.3 Å². The molecule has 1 fully saturated rings. The molecule has 92 valence electrons. The van der Waals surface area contributed by atoms with E-state index < -0.39 is 5.37 Å². The number of hydrogen-bond donors (Lipinski definition) is 1. The second-order valence-corrected chi connectivity index (χ2v) is 4.88. The third-order valence-corrected chi connectivity index (χ3v) is 3.15. The molecule has 4 nitrogen and oxygen atoms in total. The zero-order valence-corrected chi connectivity index (χ0v) is 10.6. The molecule has 1 aromatic carbocycles. The van der Waals surface area contributed by atoms with Gasteiger partial charge in [0.25, 0.3) is 11.1 Å². The predicted octanol–water partition coefficient (Wildman–Crippen LogP) is 2.47. The lowest BCUT2D eigenvalue weighted by atomic mass is 10.1. The highest BCUT2D eigenvalue weighted by molar-refractivity contribution is 8.15. The fourth-order valence-electron chi connectivity index (χ4n) is 1.48. The molecule has 0 spiro atoms. The van der Waals surface area contributed by atoms with E-state index in [1.165, 1.54) is 0 Å². The summed E-state index contributed by atoms with van der Waals surface area (Å²) >= 11 is 0.897. The first-order valence-electron chi connectivity index (χ1n) is 5.43. The zero-order chi connectivity index (χ0) is 13.0. The van der Waals surface area contributed by atoms with Gasteiger partial charge in [-0.3, -0.25) is 19.9 Å². The summed E-state index contributed by atoms with van der Waals surface area (Å²) in [4.78, 5) is 26.3. The molecule has 1 aliphatic rings. The Kier molecular flexibility index (Phi) is 3.94. The molecular weight excluding hydrogens is 248 g/mol. The molecule has 0 saturated carbocycles. The van der Waals surface area contributed by atoms with E-state index in [0.717, 1.165) is 22.9 Å². The Labute approximate surface area is 109 Å². The van der Waals surface area contributed by atoms with E-state index in [1.807, 2.05) is 43.3 Å². The minimum atomic E-state index is -0.656. The third kappa shape index (κ3) is 3.30. The number of allylic oxidation sites excluding steroid dienone is 1. The summed E-state index contributed by atoms with van der Waals surface area (Å²) in [7, 11) is 0. The molecule has 2 rings (SSSR count). The Bertz CT molecular complexity index is 523. The number of aliphatic imine (C=N–C) groups is 1. The van der Waals surface area contributed by atoms with Crippen LogP contribution in [0.1, 0.15) is 12.5 Å². The number of benzene rings is 1. The number of hydrogen-bond acceptors (Lipinski definition) is 4. The van der Waals surface area contributed by atoms with E-state index in [1.54, 1.807) is 6.21 Å². The Morgan fingerprint density at radius 2 is 2.06 bits per heavy atom. The molecule has 0 bridgehead atoms. The number of rotatable bonds is 3. The minimum Gasteiger partial charge on any atom is -0.284 e. The Hall–Kier alpha value is -1.88. The zero-order valence-electron chi connectivity index (χ0n) is 9.79. The number of carbonyl (C=O) groups is 2. The van der Waals surface area contributed by atoms with Crippen LogP contribution in [0, 0.1) is 0 Å². The van der Waals surface area contributed by atoms with Gasteiger partial charge in [0.05, 0.1) is 0 Å². The molecule has 0 radical (unpaired) electrons. The maximum absolute atomic E-state index is 11.3. The van der Waals surface area contributed by atoms with Crippen LogP contribution in [-0.4, -0.2) is 22.7 Å². The van der Waals surface area contributed by atoms with E-state index in [4.69, 9.17) is 0 Å². The molecule has 1 atom stereocenters. The van der Waals surface area contributed by atoms with Crippen molar-refractivity contribution in [3.05, 3.63) is 41.5 Å². The second-order valence-electron chi connectivity index (χ2n) is 3.82. The van der Waals surface area contributed by atoms with Gasteiger partial charge < -0.3 is 0 Å². The highest BCUT2D eigenvalue weighted by Gasteiger charge is 2.30. The molecule has 5 heteroatoms. The van der Waals surface area contributed by atoms with E-state index in [9.17, 15) is 9.59 Å². The van der Waals surface area contributed by atoms with Crippen molar-refractivity contribution in [1.82, 2.24) is 5.32 Å². The van der Waals surface area contributed by atoms with Crippen LogP contribution in [0.3, 0.4) is 0 Å². The summed E-state index contributed by atoms with van der Waals surface area (Å²) in [6, 6.07) is 9.83. The number of nitrogens with zero attached hydrogens (tertiary/aromatic N) is 1. The maximum atomic E-state index is 11.3. The Morgan fingerprint density at radius 1 is 1.33 bits per heavy atom. The van der Waals surface area contributed by atoms with Crippen LogP contribution >= 0.6 is 11.8 Å². The standard InChI is InChI=1S/C13H12N2O2S/c1-9(7-10-5-3-2-4-6-10)8-14-12-11(16)15-13(17)18-12/h2-8,12H,1H3,(H,15,16,17). The molecule has 1 saturated heterocycles. The molecule has 1 N–H and O–H groups in total. The van der Waals surface area contributed by atoms with Gasteiger partial charge in [-0.25, -0.2) is 0 Å². The van der Waals surface area contributed by atoms with Crippen molar-refractivity contribution in [3.8, 4) is 0 Å². The number of carbonyl (C=O) groups excluding carboxylic acids is 2. The van der Waals surface area contributed by atoms with Crippen LogP contribution in [0.5, 0.6) is 0 Å². The van der Waals surface area contributed by atoms with Gasteiger partial charge in [-0.2, -0.15) is 0 Å². The number of nitrogens with one attached hydrogen (secondary N) is 1. The molecule has 1 heterocycles. The highest BCUT2D eigenvalue weighted by atomic mass is 32.2. The molecule has 2 amide bonds. The first-order valence-corrected chi connectivity index (χ1v) is 6.31. The topological polar surface area (TPSA) is 58.5 Å². The third-order valence-electron chi connectivity index (χ3n) is 2.28. The summed E-state index contributed by atoms with van der Waals surface area (Å²) in [6.07, 6.45) is 3.58. The summed E-state index contributed by atoms with van der Waals surface area (Å²) < 4.78 is 0. The van der Waals surface area contributed by atoms with Crippen LogP contribution < -0.4 is 5.32 Å². The highest BCUT2D eigenvalue weighted by Crippen LogP contribution is 2.19. The Morgan fingerprint density at radius 3 is 2.67 bits per heavy atom. The van der Waals surface area contributed by atoms with Crippen LogP contribution in [0.25, 0.3) is 6.08 Å². The lowest BCUT2D eigenvalue weighted by Crippen LogP contribution is -2.23. The van der Waals surface area contributed by atoms with Crippen LogP contribution in [0.2, 0.25) is 0 Å². The van der Waals surface area contributed by atoms with Crippen molar-refractivity contribution in [2.24, 2.45) is 4.99 Å². The van der Waals surface area contributed by atoms with E-state index in [-0.39, 0.29) is 11.1 Å². The van der Waals surface area contributed by atoms with Gasteiger partial charge in [0.15, 0.2) is 5.37 Å². The average molecular weight is 260 g/mol. The lowest BCUT2D eigenvalue weighted by molar-refractivity contribution is -0.118. The van der Waals surface area contributed by atoms with Gasteiger partial charge in [0.2, 0.25) is 0 Å². The normalized spacial score (nSPS) is 20.5. The summed E-state index contributed by atoms with van der Waals surface area (Å²) in [6.45, 7) is 1.90. The van der Waals surface area contributed by atoms with Crippen molar-refractivity contribution < 1.29 is 9.59 Å². The molecule has 18 heavy (non-hydrogen) atoms. The van der Waals surface area contributed by atoms with Crippen LogP contribution in [-0.2, 0) is 4.79 Å². The van der Waals surface area contributed by atoms with Crippen LogP contribution in [0.4, 0.5) is 4.79 Å². The largest absolute Gasteiger partial charge is 0.288 e. The van der Waals surface area contributed by atoms with Crippen molar-refractivity contribution in [1.29, 1.82) is 0 Å². The predicted molar refractivity (Wildman–Crippen MR) is 73.5 cm³/mol. The van der Waals surface area contributed by atoms with Gasteiger partial charge in [0.1, 0.15) is 0 Å². The van der Waals surface area contributed by atoms with Gasteiger partial charge in [0, 0.05) is 6.21 Å². The first-order chi connectivity index (χ1) is 8.65. The van der Waals surface area contributed by atoms with Gasteiger partial charge >= 0.3 is 0 Å². The summed E-state index contributed by atoms with van der Waals surface area (Å²) in [5.41, 5.74) is 2.00. The molecule has 1 aromatic rings. The maximum Gasteiger partial charge on any atom is 0.288 e. The summed E-state index contributed by atoms with van der Waals surface area (Å²) in [5, 5.41) is 1.20. The van der Waals surface area contributed by atoms with Crippen LogP contribution in [0.15, 0.2) is 40.9 Å². The van der Waals surface area contributed by atoms with Gasteiger partial charge in [-0.15, -0.1) is 0 Å². The molecule has 0 aliphatic carbocycles. The smallest absolute Gasteiger partial charge is 0.284 e.